The number of carbonyl (C=O) groups excluding carboxylic acids is 2. The number of aliphatic hydroxyl groups excluding tert-OH is 2. The molecule has 1 aromatic rings. The molecule has 28 heavy (non-hydrogen) atoms. The lowest BCUT2D eigenvalue weighted by Crippen LogP contribution is -2.31. The van der Waals surface area contributed by atoms with Crippen molar-refractivity contribution in [2.75, 3.05) is 20.3 Å². The molecule has 2 atom stereocenters. The van der Waals surface area contributed by atoms with Gasteiger partial charge in [0.2, 0.25) is 6.29 Å². The van der Waals surface area contributed by atoms with E-state index in [1.807, 2.05) is 0 Å². The Hall–Kier alpha value is -3.04. The Morgan fingerprint density at radius 1 is 1.25 bits per heavy atom. The monoisotopic (exact) mass is 394 g/mol. The van der Waals surface area contributed by atoms with E-state index in [9.17, 15) is 24.9 Å². The highest BCUT2D eigenvalue weighted by Gasteiger charge is 2.35. The summed E-state index contributed by atoms with van der Waals surface area (Å²) in [5.41, 5.74) is 0.833. The summed E-state index contributed by atoms with van der Waals surface area (Å²) in [5, 5.41) is 37.8. The zero-order chi connectivity index (χ0) is 20.7. The predicted octanol–water partition coefficient (Wildman–Crippen LogP) is 0.514. The lowest BCUT2D eigenvalue weighted by molar-refractivity contribution is -0.145. The minimum atomic E-state index is -1.40. The summed E-state index contributed by atoms with van der Waals surface area (Å²) in [4.78, 5) is 24.2. The van der Waals surface area contributed by atoms with Gasteiger partial charge in [0.15, 0.2) is 11.5 Å². The lowest BCUT2D eigenvalue weighted by atomic mass is 9.86. The van der Waals surface area contributed by atoms with Gasteiger partial charge in [-0.15, -0.1) is 0 Å². The first kappa shape index (κ1) is 21.3. The Morgan fingerprint density at radius 3 is 2.64 bits per heavy atom. The van der Waals surface area contributed by atoms with Crippen LogP contribution in [-0.4, -0.2) is 59.0 Å². The molecule has 1 aromatic carbocycles. The van der Waals surface area contributed by atoms with Crippen molar-refractivity contribution < 1.29 is 44.2 Å². The second kappa shape index (κ2) is 9.77. The number of phenolic OH excluding ortho intramolecular Hbond substituents is 2. The molecule has 0 saturated heterocycles. The van der Waals surface area contributed by atoms with Crippen LogP contribution in [0.25, 0.3) is 0 Å². The van der Waals surface area contributed by atoms with Gasteiger partial charge in [-0.2, -0.15) is 0 Å². The largest absolute Gasteiger partial charge is 0.504 e. The van der Waals surface area contributed by atoms with Crippen molar-refractivity contribution in [1.29, 1.82) is 0 Å². The van der Waals surface area contributed by atoms with Crippen LogP contribution in [0.1, 0.15) is 12.0 Å². The van der Waals surface area contributed by atoms with E-state index in [0.717, 1.165) is 6.26 Å². The molecule has 9 heteroatoms. The molecule has 1 aliphatic rings. The Bertz CT molecular complexity index is 782. The maximum absolute atomic E-state index is 12.2. The van der Waals surface area contributed by atoms with Gasteiger partial charge in [-0.05, 0) is 17.7 Å². The smallest absolute Gasteiger partial charge is 0.337 e. The fraction of sp³-hybridized carbons (Fsp3) is 0.368. The second-order valence-corrected chi connectivity index (χ2v) is 5.99. The van der Waals surface area contributed by atoms with Gasteiger partial charge in [-0.25, -0.2) is 4.79 Å². The van der Waals surface area contributed by atoms with Crippen LogP contribution in [0.5, 0.6) is 11.5 Å². The highest BCUT2D eigenvalue weighted by atomic mass is 16.6. The summed E-state index contributed by atoms with van der Waals surface area (Å²) in [7, 11) is 1.17. The molecular weight excluding hydrogens is 372 g/mol. The fourth-order valence-corrected chi connectivity index (χ4v) is 2.77. The zero-order valence-corrected chi connectivity index (χ0v) is 15.2. The summed E-state index contributed by atoms with van der Waals surface area (Å²) < 4.78 is 14.8. The van der Waals surface area contributed by atoms with Crippen LogP contribution in [-0.2, 0) is 30.2 Å². The first-order valence-electron chi connectivity index (χ1n) is 8.46. The van der Waals surface area contributed by atoms with E-state index >= 15 is 0 Å². The Labute approximate surface area is 161 Å². The molecule has 0 bridgehead atoms. The SMILES string of the molecule is COC(=O)C1=COC(O)/C(=C\CO)[C@@H]1CC(=O)OCCc1ccc(O)c(O)c1. The van der Waals surface area contributed by atoms with Gasteiger partial charge in [0.1, 0.15) is 0 Å². The maximum Gasteiger partial charge on any atom is 0.337 e. The van der Waals surface area contributed by atoms with Crippen molar-refractivity contribution in [1.82, 2.24) is 0 Å². The number of aliphatic hydroxyl groups is 2. The van der Waals surface area contributed by atoms with Crippen LogP contribution in [0.15, 0.2) is 41.7 Å². The molecular formula is C19H22O9. The molecule has 0 aliphatic carbocycles. The fourth-order valence-electron chi connectivity index (χ4n) is 2.77. The number of benzene rings is 1. The van der Waals surface area contributed by atoms with Gasteiger partial charge >= 0.3 is 11.9 Å². The number of ether oxygens (including phenoxy) is 3. The summed E-state index contributed by atoms with van der Waals surface area (Å²) in [6.45, 7) is -0.411. The number of hydrogen-bond acceptors (Lipinski definition) is 9. The first-order chi connectivity index (χ1) is 13.4. The molecule has 152 valence electrons. The Kier molecular flexibility index (Phi) is 7.42. The second-order valence-electron chi connectivity index (χ2n) is 5.99. The maximum atomic E-state index is 12.2. The minimum absolute atomic E-state index is 0.00510. The normalized spacial score (nSPS) is 20.2. The molecule has 1 aliphatic heterocycles. The molecule has 0 spiro atoms. The number of methoxy groups -OCH3 is 1. The molecule has 0 saturated carbocycles. The van der Waals surface area contributed by atoms with Gasteiger partial charge in [0.05, 0.1) is 38.6 Å². The number of aromatic hydroxyl groups is 2. The van der Waals surface area contributed by atoms with Crippen LogP contribution >= 0.6 is 0 Å². The molecule has 0 aromatic heterocycles. The number of hydrogen-bond donors (Lipinski definition) is 4. The molecule has 2 rings (SSSR count). The van der Waals surface area contributed by atoms with E-state index in [1.165, 1.54) is 25.3 Å². The van der Waals surface area contributed by atoms with Crippen molar-refractivity contribution in [3.05, 3.63) is 47.2 Å². The molecule has 0 fully saturated rings. The van der Waals surface area contributed by atoms with E-state index in [-0.39, 0.29) is 35.7 Å². The van der Waals surface area contributed by atoms with Crippen molar-refractivity contribution in [2.45, 2.75) is 19.1 Å². The zero-order valence-electron chi connectivity index (χ0n) is 15.2. The summed E-state index contributed by atoms with van der Waals surface area (Å²) >= 11 is 0. The summed E-state index contributed by atoms with van der Waals surface area (Å²) in [5.74, 6) is -2.75. The molecule has 1 heterocycles. The first-order valence-corrected chi connectivity index (χ1v) is 8.46. The minimum Gasteiger partial charge on any atom is -0.504 e. The molecule has 0 radical (unpaired) electrons. The standard InChI is InChI=1S/C19H22O9/c1-26-18(24)14-10-28-19(25)12(4-6-20)13(14)9-17(23)27-7-5-11-2-3-15(21)16(22)8-11/h2-4,8,10,13,19-22,25H,5-7,9H2,1H3/b12-4-/t13-,19?/m0/s1. The topological polar surface area (TPSA) is 143 Å². The van der Waals surface area contributed by atoms with Crippen LogP contribution < -0.4 is 0 Å². The Balaban J connectivity index is 2.02. The summed E-state index contributed by atoms with van der Waals surface area (Å²) in [6.07, 6.45) is 0.918. The van der Waals surface area contributed by atoms with Gasteiger partial charge in [-0.1, -0.05) is 12.1 Å². The quantitative estimate of drug-likeness (QED) is 0.295. The van der Waals surface area contributed by atoms with E-state index in [0.29, 0.717) is 12.0 Å². The van der Waals surface area contributed by atoms with E-state index in [4.69, 9.17) is 14.6 Å². The number of rotatable bonds is 7. The van der Waals surface area contributed by atoms with Crippen molar-refractivity contribution in [3.63, 3.8) is 0 Å². The number of carbonyl (C=O) groups is 2. The highest BCUT2D eigenvalue weighted by Crippen LogP contribution is 2.33. The van der Waals surface area contributed by atoms with Crippen LogP contribution in [0.4, 0.5) is 0 Å². The Morgan fingerprint density at radius 2 is 2.00 bits per heavy atom. The third kappa shape index (κ3) is 5.24. The van der Waals surface area contributed by atoms with Gasteiger partial charge in [0.25, 0.3) is 0 Å². The average molecular weight is 394 g/mol. The van der Waals surface area contributed by atoms with E-state index in [1.54, 1.807) is 6.07 Å². The molecule has 0 amide bonds. The number of esters is 2. The predicted molar refractivity (Wildman–Crippen MR) is 94.9 cm³/mol. The molecule has 4 N–H and O–H groups in total. The van der Waals surface area contributed by atoms with Gasteiger partial charge in [0, 0.05) is 17.9 Å². The number of phenols is 2. The van der Waals surface area contributed by atoms with Crippen molar-refractivity contribution in [3.8, 4) is 11.5 Å². The van der Waals surface area contributed by atoms with E-state index in [2.05, 4.69) is 4.74 Å². The van der Waals surface area contributed by atoms with Crippen molar-refractivity contribution >= 4 is 11.9 Å². The highest BCUT2D eigenvalue weighted by molar-refractivity contribution is 5.90. The lowest BCUT2D eigenvalue weighted by Gasteiger charge is -2.29. The molecule has 9 nitrogen and oxygen atoms in total. The van der Waals surface area contributed by atoms with Crippen LogP contribution in [0.2, 0.25) is 0 Å². The van der Waals surface area contributed by atoms with E-state index < -0.39 is 30.8 Å². The average Bonchev–Trinajstić information content (AvgIpc) is 2.67. The van der Waals surface area contributed by atoms with Crippen molar-refractivity contribution in [2.24, 2.45) is 5.92 Å². The van der Waals surface area contributed by atoms with Gasteiger partial charge in [-0.3, -0.25) is 4.79 Å². The summed E-state index contributed by atoms with van der Waals surface area (Å²) in [6, 6.07) is 4.27. The van der Waals surface area contributed by atoms with Gasteiger partial charge < -0.3 is 34.6 Å². The van der Waals surface area contributed by atoms with Crippen LogP contribution in [0.3, 0.4) is 0 Å². The molecule has 1 unspecified atom stereocenters. The van der Waals surface area contributed by atoms with Crippen LogP contribution in [0, 0.1) is 5.92 Å². The third-order valence-electron chi connectivity index (χ3n) is 4.20. The third-order valence-corrected chi connectivity index (χ3v) is 4.20.